The van der Waals surface area contributed by atoms with Gasteiger partial charge in [0.25, 0.3) is 0 Å². The average Bonchev–Trinajstić information content (AvgIpc) is 2.77. The lowest BCUT2D eigenvalue weighted by Crippen LogP contribution is -2.18. The zero-order chi connectivity index (χ0) is 9.31. The summed E-state index contributed by atoms with van der Waals surface area (Å²) in [7, 11) is 0. The van der Waals surface area contributed by atoms with Crippen LogP contribution < -0.4 is 0 Å². The Morgan fingerprint density at radius 3 is 2.77 bits per heavy atom. The van der Waals surface area contributed by atoms with E-state index in [-0.39, 0.29) is 0 Å². The lowest BCUT2D eigenvalue weighted by atomic mass is 9.92. The molecule has 1 saturated carbocycles. The molecular weight excluding hydrogens is 164 g/mol. The molecule has 13 heavy (non-hydrogen) atoms. The van der Waals surface area contributed by atoms with E-state index in [0.717, 1.165) is 32.0 Å². The van der Waals surface area contributed by atoms with Gasteiger partial charge in [-0.25, -0.2) is 0 Å². The van der Waals surface area contributed by atoms with Gasteiger partial charge in [-0.1, -0.05) is 0 Å². The number of hydrogen-bond acceptors (Lipinski definition) is 2. The van der Waals surface area contributed by atoms with Gasteiger partial charge >= 0.3 is 0 Å². The first kappa shape index (κ1) is 9.20. The van der Waals surface area contributed by atoms with Crippen molar-refractivity contribution in [2.75, 3.05) is 13.2 Å². The molecule has 2 nitrogen and oxygen atoms in total. The van der Waals surface area contributed by atoms with Gasteiger partial charge in [-0.05, 0) is 43.9 Å². The van der Waals surface area contributed by atoms with Gasteiger partial charge in [0.15, 0.2) is 0 Å². The molecule has 2 rings (SSSR count). The molecule has 1 unspecified atom stereocenters. The van der Waals surface area contributed by atoms with E-state index in [4.69, 9.17) is 4.74 Å². The first-order chi connectivity index (χ1) is 6.23. The van der Waals surface area contributed by atoms with Crippen molar-refractivity contribution in [3.63, 3.8) is 0 Å². The van der Waals surface area contributed by atoms with E-state index in [1.807, 2.05) is 0 Å². The summed E-state index contributed by atoms with van der Waals surface area (Å²) in [6.45, 7) is 3.58. The molecule has 0 N–H and O–H groups in total. The number of ether oxygens (including phenoxy) is 1. The van der Waals surface area contributed by atoms with Crippen LogP contribution in [0.2, 0.25) is 0 Å². The van der Waals surface area contributed by atoms with Gasteiger partial charge in [0.2, 0.25) is 0 Å². The van der Waals surface area contributed by atoms with Crippen LogP contribution in [0.4, 0.5) is 0 Å². The van der Waals surface area contributed by atoms with Crippen LogP contribution in [0, 0.1) is 11.3 Å². The van der Waals surface area contributed by atoms with Crippen LogP contribution in [0.15, 0.2) is 0 Å². The molecule has 1 aliphatic heterocycles. The molecule has 0 radical (unpaired) electrons. The molecule has 1 heterocycles. The summed E-state index contributed by atoms with van der Waals surface area (Å²) in [5.41, 5.74) is 0.605. The van der Waals surface area contributed by atoms with Gasteiger partial charge in [0, 0.05) is 19.6 Å². The van der Waals surface area contributed by atoms with E-state index < -0.39 is 0 Å². The van der Waals surface area contributed by atoms with E-state index in [2.05, 4.69) is 0 Å². The molecule has 0 amide bonds. The lowest BCUT2D eigenvalue weighted by molar-refractivity contribution is -0.117. The molecule has 1 spiro atoms. The highest BCUT2D eigenvalue weighted by atomic mass is 16.5. The summed E-state index contributed by atoms with van der Waals surface area (Å²) in [6, 6.07) is 0. The molecule has 0 bridgehead atoms. The Kier molecular flexibility index (Phi) is 2.41. The number of ketones is 1. The molecule has 0 aromatic rings. The second-order valence-electron chi connectivity index (χ2n) is 4.62. The van der Waals surface area contributed by atoms with E-state index in [1.54, 1.807) is 6.92 Å². The normalized spacial score (nSPS) is 30.4. The minimum Gasteiger partial charge on any atom is -0.381 e. The molecule has 1 aliphatic carbocycles. The zero-order valence-electron chi connectivity index (χ0n) is 8.34. The molecule has 0 aromatic carbocycles. The van der Waals surface area contributed by atoms with Gasteiger partial charge in [0.1, 0.15) is 5.78 Å². The highest BCUT2D eigenvalue weighted by Crippen LogP contribution is 2.60. The van der Waals surface area contributed by atoms with Crippen molar-refractivity contribution in [1.82, 2.24) is 0 Å². The summed E-state index contributed by atoms with van der Waals surface area (Å²) >= 11 is 0. The molecule has 0 aromatic heterocycles. The Morgan fingerprint density at radius 2 is 2.15 bits per heavy atom. The highest BCUT2D eigenvalue weighted by molar-refractivity contribution is 5.75. The summed E-state index contributed by atoms with van der Waals surface area (Å²) in [5, 5.41) is 0. The maximum atomic E-state index is 10.8. The van der Waals surface area contributed by atoms with Crippen LogP contribution in [0.25, 0.3) is 0 Å². The summed E-state index contributed by atoms with van der Waals surface area (Å²) < 4.78 is 5.35. The SMILES string of the molecule is CC(=O)CCC1CC12CCOCC2. The standard InChI is InChI=1S/C11H18O2/c1-9(12)2-3-10-8-11(10)4-6-13-7-5-11/h10H,2-8H2,1H3. The Hall–Kier alpha value is -0.370. The van der Waals surface area contributed by atoms with Crippen LogP contribution in [0.1, 0.15) is 39.0 Å². The van der Waals surface area contributed by atoms with Crippen molar-refractivity contribution in [3.8, 4) is 0 Å². The number of carbonyl (C=O) groups is 1. The fraction of sp³-hybridized carbons (Fsp3) is 0.909. The van der Waals surface area contributed by atoms with E-state index in [9.17, 15) is 4.79 Å². The maximum absolute atomic E-state index is 10.8. The summed E-state index contributed by atoms with van der Waals surface area (Å²) in [5.74, 6) is 1.18. The van der Waals surface area contributed by atoms with Crippen molar-refractivity contribution in [2.24, 2.45) is 11.3 Å². The van der Waals surface area contributed by atoms with Crippen molar-refractivity contribution in [1.29, 1.82) is 0 Å². The van der Waals surface area contributed by atoms with E-state index >= 15 is 0 Å². The quantitative estimate of drug-likeness (QED) is 0.668. The van der Waals surface area contributed by atoms with Gasteiger partial charge in [-0.2, -0.15) is 0 Å². The van der Waals surface area contributed by atoms with Crippen LogP contribution in [-0.2, 0) is 9.53 Å². The third-order valence-electron chi connectivity index (χ3n) is 3.69. The molecule has 2 fully saturated rings. The maximum Gasteiger partial charge on any atom is 0.129 e. The Morgan fingerprint density at radius 1 is 1.46 bits per heavy atom. The largest absolute Gasteiger partial charge is 0.381 e. The van der Waals surface area contributed by atoms with Crippen molar-refractivity contribution in [3.05, 3.63) is 0 Å². The molecule has 74 valence electrons. The molecule has 1 saturated heterocycles. The second-order valence-corrected chi connectivity index (χ2v) is 4.62. The van der Waals surface area contributed by atoms with Crippen molar-refractivity contribution < 1.29 is 9.53 Å². The van der Waals surface area contributed by atoms with Crippen LogP contribution in [-0.4, -0.2) is 19.0 Å². The fourth-order valence-electron chi connectivity index (χ4n) is 2.61. The Labute approximate surface area is 79.7 Å². The number of hydrogen-bond donors (Lipinski definition) is 0. The van der Waals surface area contributed by atoms with Crippen LogP contribution in [0.3, 0.4) is 0 Å². The van der Waals surface area contributed by atoms with E-state index in [0.29, 0.717) is 11.2 Å². The van der Waals surface area contributed by atoms with Crippen molar-refractivity contribution >= 4 is 5.78 Å². The Balaban J connectivity index is 1.76. The highest BCUT2D eigenvalue weighted by Gasteiger charge is 2.53. The monoisotopic (exact) mass is 182 g/mol. The third-order valence-corrected chi connectivity index (χ3v) is 3.69. The molecule has 2 aliphatic rings. The fourth-order valence-corrected chi connectivity index (χ4v) is 2.61. The molecule has 2 heteroatoms. The lowest BCUT2D eigenvalue weighted by Gasteiger charge is -2.22. The van der Waals surface area contributed by atoms with Gasteiger partial charge in [0.05, 0.1) is 0 Å². The number of carbonyl (C=O) groups excluding carboxylic acids is 1. The predicted octanol–water partition coefficient (Wildman–Crippen LogP) is 2.17. The smallest absolute Gasteiger partial charge is 0.129 e. The van der Waals surface area contributed by atoms with Gasteiger partial charge < -0.3 is 9.53 Å². The first-order valence-electron chi connectivity index (χ1n) is 5.30. The minimum atomic E-state index is 0.342. The first-order valence-corrected chi connectivity index (χ1v) is 5.30. The zero-order valence-corrected chi connectivity index (χ0v) is 8.34. The topological polar surface area (TPSA) is 26.3 Å². The van der Waals surface area contributed by atoms with Crippen LogP contribution >= 0.6 is 0 Å². The second kappa shape index (κ2) is 3.41. The minimum absolute atomic E-state index is 0.342. The molecule has 1 atom stereocenters. The molecular formula is C11H18O2. The van der Waals surface area contributed by atoms with Crippen LogP contribution in [0.5, 0.6) is 0 Å². The summed E-state index contributed by atoms with van der Waals surface area (Å²) in [6.07, 6.45) is 5.72. The third kappa shape index (κ3) is 1.93. The number of rotatable bonds is 3. The van der Waals surface area contributed by atoms with E-state index in [1.165, 1.54) is 19.3 Å². The van der Waals surface area contributed by atoms with Crippen molar-refractivity contribution in [2.45, 2.75) is 39.0 Å². The average molecular weight is 182 g/mol. The summed E-state index contributed by atoms with van der Waals surface area (Å²) in [4.78, 5) is 10.8. The van der Waals surface area contributed by atoms with Gasteiger partial charge in [-0.3, -0.25) is 0 Å². The Bertz CT molecular complexity index is 204. The predicted molar refractivity (Wildman–Crippen MR) is 50.5 cm³/mol. The van der Waals surface area contributed by atoms with Gasteiger partial charge in [-0.15, -0.1) is 0 Å². The number of Topliss-reactive ketones (excluding diaryl/α,β-unsaturated/α-hetero) is 1.